The highest BCUT2D eigenvalue weighted by Gasteiger charge is 2.26. The van der Waals surface area contributed by atoms with Crippen molar-refractivity contribution < 1.29 is 18.4 Å². The molecule has 0 aliphatic heterocycles. The van der Waals surface area contributed by atoms with Crippen LogP contribution in [0, 0.1) is 12.8 Å². The van der Waals surface area contributed by atoms with Crippen molar-refractivity contribution in [2.45, 2.75) is 72.8 Å². The monoisotopic (exact) mass is 533 g/mol. The predicted molar refractivity (Wildman–Crippen MR) is 145 cm³/mol. The van der Waals surface area contributed by atoms with Gasteiger partial charge in [0.1, 0.15) is 5.69 Å². The van der Waals surface area contributed by atoms with Gasteiger partial charge in [-0.1, -0.05) is 26.8 Å². The van der Waals surface area contributed by atoms with E-state index >= 15 is 0 Å². The lowest BCUT2D eigenvalue weighted by Gasteiger charge is -2.20. The fourth-order valence-corrected chi connectivity index (χ4v) is 3.97. The minimum Gasteiger partial charge on any atom is -0.348 e. The predicted octanol–water partition coefficient (Wildman–Crippen LogP) is 6.52. The van der Waals surface area contributed by atoms with E-state index in [0.29, 0.717) is 16.4 Å². The van der Waals surface area contributed by atoms with Gasteiger partial charge >= 0.3 is 0 Å². The van der Waals surface area contributed by atoms with Crippen LogP contribution in [0.5, 0.6) is 0 Å². The van der Waals surface area contributed by atoms with Gasteiger partial charge in [-0.25, -0.2) is 13.8 Å². The molecule has 0 spiro atoms. The maximum absolute atomic E-state index is 12.4. The summed E-state index contributed by atoms with van der Waals surface area (Å²) in [5, 5.41) is 7.64. The van der Waals surface area contributed by atoms with E-state index in [1.54, 1.807) is 12.3 Å². The summed E-state index contributed by atoms with van der Waals surface area (Å²) in [7, 11) is 0. The molecule has 3 heterocycles. The fourth-order valence-electron chi connectivity index (χ4n) is 3.25. The zero-order valence-corrected chi connectivity index (χ0v) is 23.4. The number of thiazole rings is 1. The summed E-state index contributed by atoms with van der Waals surface area (Å²) < 4.78 is 26.8. The molecule has 3 rings (SSSR count). The van der Waals surface area contributed by atoms with Crippen LogP contribution in [0.4, 0.5) is 13.9 Å². The maximum Gasteiger partial charge on any atom is 0.253 e. The zero-order chi connectivity index (χ0) is 27.8. The molecular weight excluding hydrogens is 496 g/mol. The van der Waals surface area contributed by atoms with Crippen molar-refractivity contribution in [3.05, 3.63) is 53.3 Å². The number of aryl methyl sites for hydroxylation is 1. The number of nitrogens with zero attached hydrogens (tertiary/aromatic N) is 3. The van der Waals surface area contributed by atoms with Crippen LogP contribution in [0.2, 0.25) is 0 Å². The first-order valence-corrected chi connectivity index (χ1v) is 13.1. The third-order valence-electron chi connectivity index (χ3n) is 5.26. The van der Waals surface area contributed by atoms with Crippen molar-refractivity contribution in [2.24, 2.45) is 5.92 Å². The number of rotatable bonds is 8. The van der Waals surface area contributed by atoms with Crippen molar-refractivity contribution in [3.8, 4) is 11.4 Å². The Morgan fingerprint density at radius 3 is 2.35 bits per heavy atom. The molecule has 0 radical (unpaired) electrons. The molecule has 0 saturated carbocycles. The molecule has 0 aliphatic carbocycles. The molecule has 3 aromatic heterocycles. The SMILES string of the molecule is CCC(F)(F)CC(C)C.Cc1cccc(-c2csc(NC(=O)CNC(=O)c3ccn(C(C)(C)C)c3)n2)n1. The van der Waals surface area contributed by atoms with E-state index in [-0.39, 0.29) is 42.7 Å². The quantitative estimate of drug-likeness (QED) is 0.345. The molecule has 0 aliphatic rings. The summed E-state index contributed by atoms with van der Waals surface area (Å²) in [5.41, 5.74) is 2.78. The highest BCUT2D eigenvalue weighted by atomic mass is 32.1. The molecule has 37 heavy (non-hydrogen) atoms. The van der Waals surface area contributed by atoms with E-state index in [0.717, 1.165) is 11.4 Å². The van der Waals surface area contributed by atoms with Gasteiger partial charge in [0.05, 0.1) is 17.8 Å². The van der Waals surface area contributed by atoms with Crippen molar-refractivity contribution >= 4 is 28.3 Å². The van der Waals surface area contributed by atoms with E-state index in [1.165, 1.54) is 18.3 Å². The molecule has 0 bridgehead atoms. The van der Waals surface area contributed by atoms with Gasteiger partial charge in [-0.2, -0.15) is 0 Å². The largest absolute Gasteiger partial charge is 0.348 e. The second kappa shape index (κ2) is 12.9. The molecular formula is C27H37F2N5O2S. The minimum absolute atomic E-state index is 0.0174. The van der Waals surface area contributed by atoms with Gasteiger partial charge in [0.25, 0.3) is 5.91 Å². The molecule has 2 amide bonds. The van der Waals surface area contributed by atoms with Crippen LogP contribution in [-0.4, -0.2) is 38.8 Å². The smallest absolute Gasteiger partial charge is 0.253 e. The van der Waals surface area contributed by atoms with Gasteiger partial charge in [-0.15, -0.1) is 11.3 Å². The van der Waals surface area contributed by atoms with Crippen LogP contribution in [0.25, 0.3) is 11.4 Å². The van der Waals surface area contributed by atoms with Gasteiger partial charge in [-0.3, -0.25) is 14.6 Å². The van der Waals surface area contributed by atoms with Gasteiger partial charge in [0.15, 0.2) is 5.13 Å². The lowest BCUT2D eigenvalue weighted by atomic mass is 10.0. The molecule has 3 aromatic rings. The average Bonchev–Trinajstić information content (AvgIpc) is 3.47. The van der Waals surface area contributed by atoms with Crippen LogP contribution >= 0.6 is 11.3 Å². The summed E-state index contributed by atoms with van der Waals surface area (Å²) in [5.74, 6) is -2.96. The topological polar surface area (TPSA) is 88.9 Å². The number of halogens is 2. The first-order chi connectivity index (χ1) is 17.2. The number of anilines is 1. The van der Waals surface area contributed by atoms with E-state index in [9.17, 15) is 18.4 Å². The Kier molecular flexibility index (Phi) is 10.5. The molecule has 202 valence electrons. The number of carbonyl (C=O) groups excluding carboxylic acids is 2. The Bertz CT molecular complexity index is 1180. The van der Waals surface area contributed by atoms with Crippen LogP contribution in [0.1, 0.15) is 70.4 Å². The summed E-state index contributed by atoms with van der Waals surface area (Å²) in [6.45, 7) is 13.1. The summed E-state index contributed by atoms with van der Waals surface area (Å²) >= 11 is 1.32. The van der Waals surface area contributed by atoms with Gasteiger partial charge in [0, 0.05) is 41.8 Å². The number of aromatic nitrogens is 3. The highest BCUT2D eigenvalue weighted by Crippen LogP contribution is 2.26. The number of hydrogen-bond donors (Lipinski definition) is 2. The van der Waals surface area contributed by atoms with Crippen molar-refractivity contribution in [1.29, 1.82) is 0 Å². The summed E-state index contributed by atoms with van der Waals surface area (Å²) in [6.07, 6.45) is 3.61. The van der Waals surface area contributed by atoms with Gasteiger partial charge in [-0.05, 0) is 51.8 Å². The molecule has 0 fully saturated rings. The molecule has 0 atom stereocenters. The van der Waals surface area contributed by atoms with Crippen LogP contribution < -0.4 is 10.6 Å². The Morgan fingerprint density at radius 1 is 1.11 bits per heavy atom. The first-order valence-electron chi connectivity index (χ1n) is 12.2. The number of amides is 2. The number of nitrogens with one attached hydrogen (secondary N) is 2. The molecule has 0 saturated heterocycles. The average molecular weight is 534 g/mol. The molecule has 10 heteroatoms. The number of alkyl halides is 2. The fraction of sp³-hybridized carbons (Fsp3) is 0.481. The zero-order valence-electron chi connectivity index (χ0n) is 22.6. The molecule has 7 nitrogen and oxygen atoms in total. The number of hydrogen-bond acceptors (Lipinski definition) is 5. The van der Waals surface area contributed by atoms with Crippen LogP contribution in [0.3, 0.4) is 0 Å². The van der Waals surface area contributed by atoms with Crippen LogP contribution in [-0.2, 0) is 10.3 Å². The second-order valence-electron chi connectivity index (χ2n) is 10.2. The van der Waals surface area contributed by atoms with E-state index < -0.39 is 5.92 Å². The lowest BCUT2D eigenvalue weighted by molar-refractivity contribution is -0.115. The number of carbonyl (C=O) groups is 2. The minimum atomic E-state index is -2.44. The molecule has 2 N–H and O–H groups in total. The first kappa shape index (κ1) is 30.1. The maximum atomic E-state index is 12.4. The molecule has 0 unspecified atom stereocenters. The Hall–Kier alpha value is -3.14. The van der Waals surface area contributed by atoms with Crippen molar-refractivity contribution in [3.63, 3.8) is 0 Å². The summed E-state index contributed by atoms with van der Waals surface area (Å²) in [6, 6.07) is 7.44. The van der Waals surface area contributed by atoms with E-state index in [2.05, 4.69) is 41.4 Å². The third-order valence-corrected chi connectivity index (χ3v) is 6.02. The molecule has 0 aromatic carbocycles. The summed E-state index contributed by atoms with van der Waals surface area (Å²) in [4.78, 5) is 33.2. The second-order valence-corrected chi connectivity index (χ2v) is 11.1. The van der Waals surface area contributed by atoms with Crippen molar-refractivity contribution in [1.82, 2.24) is 19.9 Å². The lowest BCUT2D eigenvalue weighted by Crippen LogP contribution is -2.32. The van der Waals surface area contributed by atoms with Crippen molar-refractivity contribution in [2.75, 3.05) is 11.9 Å². The Labute approximate surface area is 221 Å². The highest BCUT2D eigenvalue weighted by molar-refractivity contribution is 7.14. The van der Waals surface area contributed by atoms with Gasteiger partial charge < -0.3 is 15.2 Å². The van der Waals surface area contributed by atoms with Crippen LogP contribution in [0.15, 0.2) is 42.0 Å². The normalized spacial score (nSPS) is 11.6. The third kappa shape index (κ3) is 10.0. The Morgan fingerprint density at radius 2 is 1.81 bits per heavy atom. The van der Waals surface area contributed by atoms with Gasteiger partial charge in [0.2, 0.25) is 11.8 Å². The van der Waals surface area contributed by atoms with E-state index in [4.69, 9.17) is 0 Å². The Balaban J connectivity index is 0.000000458. The van der Waals surface area contributed by atoms with E-state index in [1.807, 2.05) is 55.1 Å². The number of pyridine rings is 1. The standard InChI is InChI=1S/C20H23N5O2S.C7H14F2/c1-13-6-5-7-15(22-13)16-12-28-19(23-16)24-17(26)10-21-18(27)14-8-9-25(11-14)20(2,3)4;1-4-7(8,9)5-6(2)3/h5-9,11-12H,10H2,1-4H3,(H,21,27)(H,23,24,26);6H,4-5H2,1-3H3.